The van der Waals surface area contributed by atoms with Crippen molar-refractivity contribution < 1.29 is 4.79 Å². The second-order valence-corrected chi connectivity index (χ2v) is 8.92. The fourth-order valence-electron chi connectivity index (χ4n) is 2.78. The summed E-state index contributed by atoms with van der Waals surface area (Å²) in [5, 5.41) is 11.5. The molecule has 4 rings (SSSR count). The Morgan fingerprint density at radius 3 is 2.92 bits per heavy atom. The third-order valence-corrected chi connectivity index (χ3v) is 6.92. The summed E-state index contributed by atoms with van der Waals surface area (Å²) in [7, 11) is 0. The molecule has 7 heteroatoms. The molecule has 0 saturated heterocycles. The van der Waals surface area contributed by atoms with Gasteiger partial charge in [-0.15, -0.1) is 21.5 Å². The Balaban J connectivity index is 1.57. The van der Waals surface area contributed by atoms with E-state index in [0.29, 0.717) is 5.13 Å². The molecule has 2 heterocycles. The second kappa shape index (κ2) is 6.66. The maximum absolute atomic E-state index is 12.5. The SMILES string of the molecule is CCSc1nnc(NC(=O)c2cc3c(s2)-c2ccccc2CC3)s1. The Morgan fingerprint density at radius 2 is 2.04 bits per heavy atom. The van der Waals surface area contributed by atoms with E-state index >= 15 is 0 Å². The highest BCUT2D eigenvalue weighted by atomic mass is 32.2. The fraction of sp³-hybridized carbons (Fsp3) is 0.235. The van der Waals surface area contributed by atoms with Crippen molar-refractivity contribution in [2.75, 3.05) is 11.1 Å². The minimum absolute atomic E-state index is 0.101. The molecule has 122 valence electrons. The normalized spacial score (nSPS) is 12.5. The molecule has 0 radical (unpaired) electrons. The number of carbonyl (C=O) groups is 1. The second-order valence-electron chi connectivity index (χ2n) is 5.38. The van der Waals surface area contributed by atoms with Crippen LogP contribution in [0.4, 0.5) is 5.13 Å². The van der Waals surface area contributed by atoms with Gasteiger partial charge in [-0.3, -0.25) is 10.1 Å². The van der Waals surface area contributed by atoms with E-state index in [-0.39, 0.29) is 5.91 Å². The van der Waals surface area contributed by atoms with Crippen molar-refractivity contribution >= 4 is 45.5 Å². The summed E-state index contributed by atoms with van der Waals surface area (Å²) in [6.07, 6.45) is 2.03. The van der Waals surface area contributed by atoms with E-state index < -0.39 is 0 Å². The lowest BCUT2D eigenvalue weighted by atomic mass is 9.91. The van der Waals surface area contributed by atoms with Crippen molar-refractivity contribution in [3.63, 3.8) is 0 Å². The summed E-state index contributed by atoms with van der Waals surface area (Å²) in [6.45, 7) is 2.07. The topological polar surface area (TPSA) is 54.9 Å². The van der Waals surface area contributed by atoms with Crippen LogP contribution >= 0.6 is 34.4 Å². The summed E-state index contributed by atoms with van der Waals surface area (Å²) >= 11 is 4.61. The Hall–Kier alpha value is -1.70. The first kappa shape index (κ1) is 15.8. The molecule has 0 bridgehead atoms. The van der Waals surface area contributed by atoms with Gasteiger partial charge in [-0.05, 0) is 41.4 Å². The molecule has 0 atom stereocenters. The number of hydrogen-bond donors (Lipinski definition) is 1. The number of fused-ring (bicyclic) bond motifs is 3. The van der Waals surface area contributed by atoms with Crippen LogP contribution in [-0.2, 0) is 12.8 Å². The lowest BCUT2D eigenvalue weighted by Gasteiger charge is -2.15. The lowest BCUT2D eigenvalue weighted by Crippen LogP contribution is -2.09. The molecule has 0 fully saturated rings. The van der Waals surface area contributed by atoms with Crippen LogP contribution in [-0.4, -0.2) is 21.9 Å². The number of thiophene rings is 1. The number of benzene rings is 1. The molecule has 3 aromatic rings. The van der Waals surface area contributed by atoms with E-state index in [0.717, 1.165) is 27.8 Å². The zero-order valence-electron chi connectivity index (χ0n) is 13.0. The van der Waals surface area contributed by atoms with Crippen molar-refractivity contribution in [1.82, 2.24) is 10.2 Å². The molecule has 1 N–H and O–H groups in total. The summed E-state index contributed by atoms with van der Waals surface area (Å²) < 4.78 is 0.882. The maximum Gasteiger partial charge on any atom is 0.267 e. The van der Waals surface area contributed by atoms with Crippen molar-refractivity contribution in [3.8, 4) is 10.4 Å². The highest BCUT2D eigenvalue weighted by Crippen LogP contribution is 2.39. The summed E-state index contributed by atoms with van der Waals surface area (Å²) in [5.74, 6) is 0.843. The number of rotatable bonds is 4. The van der Waals surface area contributed by atoms with Crippen molar-refractivity contribution in [1.29, 1.82) is 0 Å². The first-order valence-electron chi connectivity index (χ1n) is 7.73. The van der Waals surface area contributed by atoms with Crippen LogP contribution in [0.3, 0.4) is 0 Å². The predicted octanol–water partition coefficient (Wildman–Crippen LogP) is 4.73. The van der Waals surface area contributed by atoms with Gasteiger partial charge in [-0.25, -0.2) is 0 Å². The van der Waals surface area contributed by atoms with E-state index in [4.69, 9.17) is 0 Å². The van der Waals surface area contributed by atoms with E-state index in [9.17, 15) is 4.79 Å². The number of nitrogens with zero attached hydrogens (tertiary/aromatic N) is 2. The van der Waals surface area contributed by atoms with Gasteiger partial charge in [0, 0.05) is 4.88 Å². The number of thioether (sulfide) groups is 1. The molecule has 0 aliphatic heterocycles. The van der Waals surface area contributed by atoms with Gasteiger partial charge in [0.05, 0.1) is 4.88 Å². The van der Waals surface area contributed by atoms with Gasteiger partial charge in [0.1, 0.15) is 0 Å². The molecule has 2 aromatic heterocycles. The Morgan fingerprint density at radius 1 is 1.21 bits per heavy atom. The van der Waals surface area contributed by atoms with Crippen molar-refractivity contribution in [2.24, 2.45) is 0 Å². The quantitative estimate of drug-likeness (QED) is 0.531. The van der Waals surface area contributed by atoms with Gasteiger partial charge in [0.25, 0.3) is 5.91 Å². The van der Waals surface area contributed by atoms with Crippen LogP contribution in [0.2, 0.25) is 0 Å². The molecule has 1 aromatic carbocycles. The Labute approximate surface area is 152 Å². The molecule has 0 saturated carbocycles. The smallest absolute Gasteiger partial charge is 0.267 e. The number of aromatic nitrogens is 2. The first-order valence-corrected chi connectivity index (χ1v) is 10.3. The lowest BCUT2D eigenvalue weighted by molar-refractivity contribution is 0.103. The molecular formula is C17H15N3OS3. The molecule has 24 heavy (non-hydrogen) atoms. The van der Waals surface area contributed by atoms with Gasteiger partial charge in [0.2, 0.25) is 5.13 Å². The average Bonchev–Trinajstić information content (AvgIpc) is 3.22. The summed E-state index contributed by atoms with van der Waals surface area (Å²) in [5.41, 5.74) is 3.90. The number of nitrogens with one attached hydrogen (secondary N) is 1. The Bertz CT molecular complexity index is 900. The number of carbonyl (C=O) groups excluding carboxylic acids is 1. The third kappa shape index (κ3) is 2.99. The van der Waals surface area contributed by atoms with Gasteiger partial charge in [-0.2, -0.15) is 0 Å². The maximum atomic E-state index is 12.5. The van der Waals surface area contributed by atoms with Crippen LogP contribution in [0.5, 0.6) is 0 Å². The minimum Gasteiger partial charge on any atom is -0.296 e. The zero-order chi connectivity index (χ0) is 16.5. The minimum atomic E-state index is -0.101. The predicted molar refractivity (Wildman–Crippen MR) is 101 cm³/mol. The van der Waals surface area contributed by atoms with E-state index in [1.165, 1.54) is 32.9 Å². The highest BCUT2D eigenvalue weighted by molar-refractivity contribution is 8.01. The van der Waals surface area contributed by atoms with Crippen LogP contribution < -0.4 is 5.32 Å². The Kier molecular flexibility index (Phi) is 4.39. The standard InChI is InChI=1S/C17H15N3OS3/c1-2-22-17-20-19-16(24-17)18-15(21)13-9-11-8-7-10-5-3-4-6-12(10)14(11)23-13/h3-6,9H,2,7-8H2,1H3,(H,18,19,21). The van der Waals surface area contributed by atoms with Crippen LogP contribution in [0, 0.1) is 0 Å². The molecule has 0 unspecified atom stereocenters. The zero-order valence-corrected chi connectivity index (χ0v) is 15.5. The van der Waals surface area contributed by atoms with Crippen LogP contribution in [0.15, 0.2) is 34.7 Å². The van der Waals surface area contributed by atoms with Gasteiger partial charge >= 0.3 is 0 Å². The van der Waals surface area contributed by atoms with Crippen LogP contribution in [0.1, 0.15) is 27.7 Å². The third-order valence-electron chi connectivity index (χ3n) is 3.85. The molecule has 4 nitrogen and oxygen atoms in total. The molecule has 0 spiro atoms. The molecule has 1 amide bonds. The molecular weight excluding hydrogens is 358 g/mol. The number of aryl methyl sites for hydroxylation is 2. The van der Waals surface area contributed by atoms with Gasteiger partial charge in [-0.1, -0.05) is 54.3 Å². The largest absolute Gasteiger partial charge is 0.296 e. The average molecular weight is 374 g/mol. The van der Waals surface area contributed by atoms with E-state index in [1.807, 2.05) is 6.07 Å². The van der Waals surface area contributed by atoms with Crippen LogP contribution in [0.25, 0.3) is 10.4 Å². The van der Waals surface area contributed by atoms with Gasteiger partial charge < -0.3 is 0 Å². The number of anilines is 1. The number of hydrogen-bond acceptors (Lipinski definition) is 6. The molecule has 1 aliphatic carbocycles. The molecule has 1 aliphatic rings. The van der Waals surface area contributed by atoms with Gasteiger partial charge in [0.15, 0.2) is 4.34 Å². The van der Waals surface area contributed by atoms with E-state index in [1.54, 1.807) is 23.1 Å². The fourth-order valence-corrected chi connectivity index (χ4v) is 5.59. The summed E-state index contributed by atoms with van der Waals surface area (Å²) in [6, 6.07) is 10.5. The number of amides is 1. The van der Waals surface area contributed by atoms with E-state index in [2.05, 4.69) is 46.7 Å². The van der Waals surface area contributed by atoms with Crippen molar-refractivity contribution in [2.45, 2.75) is 24.1 Å². The summed E-state index contributed by atoms with van der Waals surface area (Å²) in [4.78, 5) is 14.5. The first-order chi connectivity index (χ1) is 11.7. The van der Waals surface area contributed by atoms with Crippen molar-refractivity contribution in [3.05, 3.63) is 46.3 Å². The monoisotopic (exact) mass is 373 g/mol. The highest BCUT2D eigenvalue weighted by Gasteiger charge is 2.21.